The quantitative estimate of drug-likeness (QED) is 0.142. The minimum atomic E-state index is -1.44. The number of ether oxygens (including phenoxy) is 3. The molecule has 232 valence electrons. The Balaban J connectivity index is 1.26. The molecule has 1 aliphatic carbocycles. The van der Waals surface area contributed by atoms with Crippen LogP contribution in [-0.4, -0.2) is 48.6 Å². The van der Waals surface area contributed by atoms with Gasteiger partial charge in [0.05, 0.1) is 13.7 Å². The Kier molecular flexibility index (Phi) is 8.72. The van der Waals surface area contributed by atoms with Crippen LogP contribution in [0.4, 0.5) is 4.79 Å². The van der Waals surface area contributed by atoms with Gasteiger partial charge in [0.1, 0.15) is 23.7 Å². The monoisotopic (exact) mass is 615 g/mol. The minimum absolute atomic E-state index is 0.0420. The molecule has 8 heteroatoms. The Morgan fingerprint density at radius 1 is 0.739 bits per heavy atom. The molecule has 2 atom stereocenters. The van der Waals surface area contributed by atoms with Crippen LogP contribution in [0.1, 0.15) is 33.7 Å². The zero-order valence-electron chi connectivity index (χ0n) is 25.1. The first-order valence-electron chi connectivity index (χ1n) is 14.9. The van der Waals surface area contributed by atoms with E-state index >= 15 is 0 Å². The molecule has 0 saturated heterocycles. The number of phenolic OH excluding ortho intramolecular Hbond substituents is 1. The number of nitrogens with one attached hydrogen (secondary N) is 1. The number of carbonyl (C=O) groups excluding carboxylic acids is 1. The molecule has 0 spiro atoms. The van der Waals surface area contributed by atoms with Crippen LogP contribution in [0.5, 0.6) is 11.5 Å². The number of benzene rings is 5. The van der Waals surface area contributed by atoms with Crippen LogP contribution in [-0.2, 0) is 19.9 Å². The third-order valence-corrected chi connectivity index (χ3v) is 8.35. The van der Waals surface area contributed by atoms with E-state index in [1.165, 1.54) is 0 Å². The number of carboxylic acid groups (broad SMARTS) is 1. The van der Waals surface area contributed by atoms with Gasteiger partial charge in [0.2, 0.25) is 0 Å². The van der Waals surface area contributed by atoms with Gasteiger partial charge < -0.3 is 29.7 Å². The lowest BCUT2D eigenvalue weighted by atomic mass is 9.80. The zero-order chi connectivity index (χ0) is 32.1. The van der Waals surface area contributed by atoms with Gasteiger partial charge in [-0.3, -0.25) is 0 Å². The van der Waals surface area contributed by atoms with Crippen molar-refractivity contribution in [3.8, 4) is 22.6 Å². The molecule has 3 N–H and O–H groups in total. The van der Waals surface area contributed by atoms with Crippen molar-refractivity contribution in [3.63, 3.8) is 0 Å². The molecule has 1 aliphatic rings. The van der Waals surface area contributed by atoms with E-state index in [4.69, 9.17) is 14.2 Å². The van der Waals surface area contributed by atoms with E-state index in [0.717, 1.165) is 27.8 Å². The first-order chi connectivity index (χ1) is 22.4. The molecule has 0 fully saturated rings. The Bertz CT molecular complexity index is 1780. The van der Waals surface area contributed by atoms with E-state index in [0.29, 0.717) is 16.9 Å². The molecule has 46 heavy (non-hydrogen) atoms. The Labute approximate surface area is 266 Å². The van der Waals surface area contributed by atoms with Gasteiger partial charge in [0, 0.05) is 5.92 Å². The fourth-order valence-corrected chi connectivity index (χ4v) is 6.11. The number of fused-ring (bicyclic) bond motifs is 3. The van der Waals surface area contributed by atoms with Crippen molar-refractivity contribution in [1.29, 1.82) is 0 Å². The maximum atomic E-state index is 13.1. The second-order valence-corrected chi connectivity index (χ2v) is 11.0. The first kappa shape index (κ1) is 30.4. The van der Waals surface area contributed by atoms with Gasteiger partial charge in [0.15, 0.2) is 6.04 Å². The fraction of sp³-hybridized carbons (Fsp3) is 0.158. The molecule has 0 bridgehead atoms. The molecule has 1 amide bonds. The van der Waals surface area contributed by atoms with Crippen molar-refractivity contribution in [3.05, 3.63) is 155 Å². The Hall–Kier alpha value is -5.60. The summed E-state index contributed by atoms with van der Waals surface area (Å²) in [6, 6.07) is 37.7. The van der Waals surface area contributed by atoms with Crippen molar-refractivity contribution in [2.45, 2.75) is 17.6 Å². The smallest absolute Gasteiger partial charge is 0.407 e. The lowest BCUT2D eigenvalue weighted by Gasteiger charge is -2.36. The highest BCUT2D eigenvalue weighted by Gasteiger charge is 2.39. The van der Waals surface area contributed by atoms with E-state index in [9.17, 15) is 19.8 Å². The summed E-state index contributed by atoms with van der Waals surface area (Å²) in [6.07, 6.45) is -0.864. The van der Waals surface area contributed by atoms with Gasteiger partial charge in [-0.25, -0.2) is 9.59 Å². The Morgan fingerprint density at radius 3 is 1.83 bits per heavy atom. The molecule has 0 saturated carbocycles. The van der Waals surface area contributed by atoms with Gasteiger partial charge in [-0.1, -0.05) is 103 Å². The predicted molar refractivity (Wildman–Crippen MR) is 173 cm³/mol. The number of carbonyl (C=O) groups is 2. The third kappa shape index (κ3) is 5.90. The second kappa shape index (κ2) is 13.2. The van der Waals surface area contributed by atoms with E-state index in [1.807, 2.05) is 91.0 Å². The SMILES string of the molecule is COc1ccc(C(OCC(NC(=O)OCC2c3ccccc3-c3ccccc32)C(=O)O)(c2ccccc2)c2ccc(O)cc2)cc1. The topological polar surface area (TPSA) is 114 Å². The van der Waals surface area contributed by atoms with Crippen molar-refractivity contribution < 1.29 is 34.0 Å². The van der Waals surface area contributed by atoms with Crippen molar-refractivity contribution >= 4 is 12.1 Å². The number of alkyl carbamates (subject to hydrolysis) is 1. The van der Waals surface area contributed by atoms with E-state index < -0.39 is 30.3 Å². The van der Waals surface area contributed by atoms with Crippen LogP contribution in [0.2, 0.25) is 0 Å². The van der Waals surface area contributed by atoms with Crippen LogP contribution in [0.25, 0.3) is 11.1 Å². The van der Waals surface area contributed by atoms with Crippen LogP contribution in [0.3, 0.4) is 0 Å². The first-order valence-corrected chi connectivity index (χ1v) is 14.9. The molecule has 5 aromatic carbocycles. The molecule has 5 aromatic rings. The summed E-state index contributed by atoms with van der Waals surface area (Å²) in [5.74, 6) is -0.749. The highest BCUT2D eigenvalue weighted by molar-refractivity contribution is 5.81. The van der Waals surface area contributed by atoms with E-state index in [2.05, 4.69) is 5.32 Å². The molecule has 0 aromatic heterocycles. The number of hydrogen-bond donors (Lipinski definition) is 3. The standard InChI is InChI=1S/C38H33NO7/c1-44-29-21-17-27(18-22-29)38(25-9-3-2-4-10-25,26-15-19-28(40)20-16-26)46-24-35(36(41)42)39-37(43)45-23-34-32-13-7-5-11-30(32)31-12-6-8-14-33(31)34/h2-22,34-35,40H,23-24H2,1H3,(H,39,43)(H,41,42). The summed E-state index contributed by atoms with van der Waals surface area (Å²) in [5, 5.41) is 22.7. The van der Waals surface area contributed by atoms with E-state index in [1.54, 1.807) is 43.5 Å². The largest absolute Gasteiger partial charge is 0.508 e. The molecule has 0 aliphatic heterocycles. The number of aliphatic carboxylic acids is 1. The number of carboxylic acids is 1. The zero-order valence-corrected chi connectivity index (χ0v) is 25.1. The van der Waals surface area contributed by atoms with Crippen LogP contribution in [0, 0.1) is 0 Å². The van der Waals surface area contributed by atoms with Crippen LogP contribution < -0.4 is 10.1 Å². The predicted octanol–water partition coefficient (Wildman–Crippen LogP) is 6.70. The molecule has 2 unspecified atom stereocenters. The van der Waals surface area contributed by atoms with Crippen molar-refractivity contribution in [1.82, 2.24) is 5.32 Å². The molecule has 6 rings (SSSR count). The number of amides is 1. The molecule has 0 heterocycles. The third-order valence-electron chi connectivity index (χ3n) is 8.35. The summed E-state index contributed by atoms with van der Waals surface area (Å²) >= 11 is 0. The lowest BCUT2D eigenvalue weighted by Crippen LogP contribution is -2.47. The van der Waals surface area contributed by atoms with Gasteiger partial charge >= 0.3 is 12.1 Å². The van der Waals surface area contributed by atoms with Gasteiger partial charge in [-0.15, -0.1) is 0 Å². The van der Waals surface area contributed by atoms with Crippen LogP contribution >= 0.6 is 0 Å². The van der Waals surface area contributed by atoms with Gasteiger partial charge in [-0.2, -0.15) is 0 Å². The maximum Gasteiger partial charge on any atom is 0.407 e. The number of methoxy groups -OCH3 is 1. The number of aromatic hydroxyl groups is 1. The summed E-state index contributed by atoms with van der Waals surface area (Å²) in [7, 11) is 1.57. The van der Waals surface area contributed by atoms with Gasteiger partial charge in [-0.05, 0) is 63.2 Å². The van der Waals surface area contributed by atoms with Crippen LogP contribution in [0.15, 0.2) is 127 Å². The summed E-state index contributed by atoms with van der Waals surface area (Å²) in [6.45, 7) is -0.359. The minimum Gasteiger partial charge on any atom is -0.508 e. The summed E-state index contributed by atoms with van der Waals surface area (Å²) in [4.78, 5) is 25.6. The second-order valence-electron chi connectivity index (χ2n) is 11.0. The average molecular weight is 616 g/mol. The fourth-order valence-electron chi connectivity index (χ4n) is 6.11. The normalized spacial score (nSPS) is 13.9. The summed E-state index contributed by atoms with van der Waals surface area (Å²) < 4.78 is 17.6. The Morgan fingerprint density at radius 2 is 1.26 bits per heavy atom. The average Bonchev–Trinajstić information content (AvgIpc) is 3.41. The van der Waals surface area contributed by atoms with E-state index in [-0.39, 0.29) is 18.3 Å². The molecule has 0 radical (unpaired) electrons. The number of phenols is 1. The highest BCUT2D eigenvalue weighted by Crippen LogP contribution is 2.45. The molecule has 8 nitrogen and oxygen atoms in total. The number of hydrogen-bond acceptors (Lipinski definition) is 6. The molecular formula is C38H33NO7. The molecular weight excluding hydrogens is 582 g/mol. The highest BCUT2D eigenvalue weighted by atomic mass is 16.6. The summed E-state index contributed by atoms with van der Waals surface area (Å²) in [5.41, 5.74) is 5.03. The van der Waals surface area contributed by atoms with Crippen molar-refractivity contribution in [2.75, 3.05) is 20.3 Å². The van der Waals surface area contributed by atoms with Gasteiger partial charge in [0.25, 0.3) is 0 Å². The van der Waals surface area contributed by atoms with Crippen molar-refractivity contribution in [2.24, 2.45) is 0 Å². The lowest BCUT2D eigenvalue weighted by molar-refractivity contribution is -0.142. The number of rotatable bonds is 11. The maximum absolute atomic E-state index is 13.1.